The quantitative estimate of drug-likeness (QED) is 0.704. The van der Waals surface area contributed by atoms with Gasteiger partial charge in [-0.2, -0.15) is 0 Å². The largest absolute Gasteiger partial charge is 0.401 e. The molecular weight excluding hydrogens is 286 g/mol. The van der Waals surface area contributed by atoms with E-state index in [0.29, 0.717) is 18.5 Å². The first kappa shape index (κ1) is 16.0. The van der Waals surface area contributed by atoms with Crippen LogP contribution < -0.4 is 16.8 Å². The maximum absolute atomic E-state index is 6.39. The van der Waals surface area contributed by atoms with Crippen molar-refractivity contribution in [3.8, 4) is 0 Å². The van der Waals surface area contributed by atoms with Gasteiger partial charge in [0.05, 0.1) is 11.7 Å². The Bertz CT molecular complexity index is 624. The van der Waals surface area contributed by atoms with E-state index in [9.17, 15) is 0 Å². The van der Waals surface area contributed by atoms with E-state index in [1.54, 1.807) is 0 Å². The van der Waals surface area contributed by atoms with Crippen molar-refractivity contribution in [3.05, 3.63) is 29.2 Å². The molecule has 3 rings (SSSR count). The fourth-order valence-corrected chi connectivity index (χ4v) is 3.09. The molecule has 1 aromatic rings. The summed E-state index contributed by atoms with van der Waals surface area (Å²) in [5, 5.41) is 3.19. The van der Waals surface area contributed by atoms with Crippen LogP contribution in [0.2, 0.25) is 0 Å². The number of nitrogens with zero attached hydrogens (tertiary/aromatic N) is 2. The smallest absolute Gasteiger partial charge is 0.0755 e. The molecule has 0 aliphatic heterocycles. The van der Waals surface area contributed by atoms with Gasteiger partial charge in [-0.05, 0) is 43.6 Å². The first-order valence-electron chi connectivity index (χ1n) is 8.52. The highest BCUT2D eigenvalue weighted by Gasteiger charge is 2.28. The lowest BCUT2D eigenvalue weighted by molar-refractivity contribution is 0.293. The standard InChI is InChI=1S/C18H27N5/c1-11-5-14(6-11)22-10-15(18(20)12-3-4-12)17-7-16(21-2)13(8-19)9-23-17/h7,9-12,14H,3-6,8,19-20H2,1-2H3,(H,21,23). The summed E-state index contributed by atoms with van der Waals surface area (Å²) in [5.74, 6) is 1.29. The van der Waals surface area contributed by atoms with Gasteiger partial charge in [0.15, 0.2) is 0 Å². The molecule has 0 radical (unpaired) electrons. The van der Waals surface area contributed by atoms with Crippen LogP contribution in [0.15, 0.2) is 23.0 Å². The van der Waals surface area contributed by atoms with Crippen LogP contribution in [0.4, 0.5) is 5.69 Å². The van der Waals surface area contributed by atoms with Crippen molar-refractivity contribution in [1.82, 2.24) is 4.98 Å². The van der Waals surface area contributed by atoms with E-state index in [4.69, 9.17) is 16.5 Å². The van der Waals surface area contributed by atoms with Crippen LogP contribution in [-0.2, 0) is 6.54 Å². The van der Waals surface area contributed by atoms with Gasteiger partial charge in [-0.15, -0.1) is 0 Å². The summed E-state index contributed by atoms with van der Waals surface area (Å²) in [6.45, 7) is 2.74. The molecule has 0 bridgehead atoms. The molecule has 2 aliphatic carbocycles. The number of pyridine rings is 1. The summed E-state index contributed by atoms with van der Waals surface area (Å²) in [4.78, 5) is 9.32. The summed E-state index contributed by atoms with van der Waals surface area (Å²) >= 11 is 0. The number of aromatic nitrogens is 1. The van der Waals surface area contributed by atoms with E-state index < -0.39 is 0 Å². The maximum atomic E-state index is 6.39. The Morgan fingerprint density at radius 1 is 1.43 bits per heavy atom. The van der Waals surface area contributed by atoms with Gasteiger partial charge >= 0.3 is 0 Å². The molecule has 5 heteroatoms. The fourth-order valence-electron chi connectivity index (χ4n) is 3.09. The van der Waals surface area contributed by atoms with Gasteiger partial charge in [-0.3, -0.25) is 9.98 Å². The van der Waals surface area contributed by atoms with Crippen molar-refractivity contribution in [2.45, 2.75) is 45.2 Å². The lowest BCUT2D eigenvalue weighted by atomic mass is 9.82. The highest BCUT2D eigenvalue weighted by molar-refractivity contribution is 6.10. The number of hydrogen-bond acceptors (Lipinski definition) is 5. The maximum Gasteiger partial charge on any atom is 0.0755 e. The number of aliphatic imine (C=N–C) groups is 1. The zero-order chi connectivity index (χ0) is 16.4. The highest BCUT2D eigenvalue weighted by atomic mass is 14.9. The zero-order valence-corrected chi connectivity index (χ0v) is 14.0. The van der Waals surface area contributed by atoms with Crippen molar-refractivity contribution in [2.24, 2.45) is 28.3 Å². The third-order valence-corrected chi connectivity index (χ3v) is 4.84. The minimum absolute atomic E-state index is 0.444. The Labute approximate surface area is 138 Å². The van der Waals surface area contributed by atoms with Gasteiger partial charge in [-0.25, -0.2) is 0 Å². The van der Waals surface area contributed by atoms with Gasteiger partial charge in [0.1, 0.15) is 0 Å². The number of nitrogens with one attached hydrogen (secondary N) is 1. The van der Waals surface area contributed by atoms with E-state index in [0.717, 1.165) is 34.1 Å². The molecule has 1 aromatic heterocycles. The minimum Gasteiger partial charge on any atom is -0.401 e. The zero-order valence-electron chi connectivity index (χ0n) is 14.0. The van der Waals surface area contributed by atoms with Crippen LogP contribution in [0.3, 0.4) is 0 Å². The van der Waals surface area contributed by atoms with Crippen molar-refractivity contribution >= 4 is 17.5 Å². The number of hydrogen-bond donors (Lipinski definition) is 3. The summed E-state index contributed by atoms with van der Waals surface area (Å²) in [7, 11) is 1.90. The second-order valence-corrected chi connectivity index (χ2v) is 6.83. The molecule has 0 unspecified atom stereocenters. The monoisotopic (exact) mass is 313 g/mol. The van der Waals surface area contributed by atoms with Crippen LogP contribution in [0.25, 0.3) is 5.57 Å². The van der Waals surface area contributed by atoms with Crippen molar-refractivity contribution < 1.29 is 0 Å². The van der Waals surface area contributed by atoms with Crippen LogP contribution in [0, 0.1) is 11.8 Å². The lowest BCUT2D eigenvalue weighted by Crippen LogP contribution is -2.24. The topological polar surface area (TPSA) is 89.3 Å². The number of nitrogens with two attached hydrogens (primary N) is 2. The van der Waals surface area contributed by atoms with Crippen molar-refractivity contribution in [2.75, 3.05) is 12.4 Å². The average Bonchev–Trinajstić information content (AvgIpc) is 3.37. The van der Waals surface area contributed by atoms with Gasteiger partial charge in [-0.1, -0.05) is 6.92 Å². The predicted molar refractivity (Wildman–Crippen MR) is 96.2 cm³/mol. The molecule has 0 spiro atoms. The van der Waals surface area contributed by atoms with E-state index in [1.165, 1.54) is 25.7 Å². The molecule has 2 aliphatic rings. The van der Waals surface area contributed by atoms with E-state index in [2.05, 4.69) is 17.2 Å². The Morgan fingerprint density at radius 2 is 2.17 bits per heavy atom. The Kier molecular flexibility index (Phi) is 4.66. The molecule has 124 valence electrons. The van der Waals surface area contributed by atoms with Gasteiger partial charge in [0, 0.05) is 48.5 Å². The SMILES string of the molecule is CNc1cc(C(C=NC2CC(C)C2)=C(N)C2CC2)ncc1CN. The summed E-state index contributed by atoms with van der Waals surface area (Å²) in [6.07, 6.45) is 8.48. The number of anilines is 1. The molecule has 23 heavy (non-hydrogen) atoms. The van der Waals surface area contributed by atoms with E-state index in [1.807, 2.05) is 25.5 Å². The summed E-state index contributed by atoms with van der Waals surface area (Å²) in [5.41, 5.74) is 17.0. The van der Waals surface area contributed by atoms with E-state index in [-0.39, 0.29) is 0 Å². The molecule has 0 aromatic carbocycles. The number of allylic oxidation sites excluding steroid dienone is 2. The van der Waals surface area contributed by atoms with Crippen LogP contribution in [-0.4, -0.2) is 24.3 Å². The Hall–Kier alpha value is -1.88. The lowest BCUT2D eigenvalue weighted by Gasteiger charge is -2.29. The molecule has 0 amide bonds. The first-order chi connectivity index (χ1) is 11.1. The molecule has 5 N–H and O–H groups in total. The average molecular weight is 313 g/mol. The summed E-state index contributed by atoms with van der Waals surface area (Å²) < 4.78 is 0. The third-order valence-electron chi connectivity index (χ3n) is 4.84. The molecule has 2 saturated carbocycles. The Balaban J connectivity index is 1.90. The van der Waals surface area contributed by atoms with E-state index >= 15 is 0 Å². The van der Waals surface area contributed by atoms with Crippen molar-refractivity contribution in [3.63, 3.8) is 0 Å². The predicted octanol–water partition coefficient (Wildman–Crippen LogP) is 2.53. The molecule has 2 fully saturated rings. The highest BCUT2D eigenvalue weighted by Crippen LogP contribution is 2.37. The molecular formula is C18H27N5. The first-order valence-corrected chi connectivity index (χ1v) is 8.52. The Morgan fingerprint density at radius 3 is 2.74 bits per heavy atom. The molecule has 0 atom stereocenters. The summed E-state index contributed by atoms with van der Waals surface area (Å²) in [6, 6.07) is 2.47. The fraction of sp³-hybridized carbons (Fsp3) is 0.556. The number of rotatable bonds is 6. The van der Waals surface area contributed by atoms with Crippen LogP contribution >= 0.6 is 0 Å². The normalized spacial score (nSPS) is 25.2. The third kappa shape index (κ3) is 3.55. The molecule has 1 heterocycles. The van der Waals surface area contributed by atoms with Gasteiger partial charge in [0.2, 0.25) is 0 Å². The minimum atomic E-state index is 0.444. The van der Waals surface area contributed by atoms with Crippen molar-refractivity contribution in [1.29, 1.82) is 0 Å². The second-order valence-electron chi connectivity index (χ2n) is 6.83. The van der Waals surface area contributed by atoms with Crippen LogP contribution in [0.5, 0.6) is 0 Å². The second kappa shape index (κ2) is 6.71. The van der Waals surface area contributed by atoms with Gasteiger partial charge < -0.3 is 16.8 Å². The van der Waals surface area contributed by atoms with Crippen LogP contribution in [0.1, 0.15) is 43.9 Å². The molecule has 0 saturated heterocycles. The van der Waals surface area contributed by atoms with Gasteiger partial charge in [0.25, 0.3) is 0 Å². The molecule has 5 nitrogen and oxygen atoms in total.